The second kappa shape index (κ2) is 5.11. The van der Waals surface area contributed by atoms with Crippen molar-refractivity contribution in [3.8, 4) is 5.82 Å². The van der Waals surface area contributed by atoms with Crippen LogP contribution in [-0.2, 0) is 6.54 Å². The third kappa shape index (κ3) is 2.27. The van der Waals surface area contributed by atoms with Gasteiger partial charge in [0.05, 0.1) is 11.7 Å². The van der Waals surface area contributed by atoms with Crippen LogP contribution in [0.2, 0.25) is 0 Å². The minimum atomic E-state index is 0.746. The molecule has 0 unspecified atom stereocenters. The summed E-state index contributed by atoms with van der Waals surface area (Å²) in [7, 11) is 1.92. The Balaban J connectivity index is 2.21. The van der Waals surface area contributed by atoms with E-state index in [-0.39, 0.29) is 0 Å². The van der Waals surface area contributed by atoms with Gasteiger partial charge in [-0.3, -0.25) is 0 Å². The highest BCUT2D eigenvalue weighted by Gasteiger charge is 2.10. The Morgan fingerprint density at radius 1 is 1.26 bits per heavy atom. The number of benzene rings is 1. The van der Waals surface area contributed by atoms with Gasteiger partial charge in [-0.05, 0) is 35.1 Å². The summed E-state index contributed by atoms with van der Waals surface area (Å²) in [5.74, 6) is 0.860. The van der Waals surface area contributed by atoms with E-state index in [4.69, 9.17) is 0 Å². The molecule has 0 saturated heterocycles. The molecule has 0 saturated carbocycles. The number of nitrogens with zero attached hydrogens (tertiary/aromatic N) is 3. The number of para-hydroxylation sites is 1. The Kier molecular flexibility index (Phi) is 3.31. The molecule has 0 atom stereocenters. The van der Waals surface area contributed by atoms with Crippen molar-refractivity contribution >= 4 is 26.8 Å². The van der Waals surface area contributed by atoms with Crippen molar-refractivity contribution in [2.24, 2.45) is 0 Å². The average molecular weight is 317 g/mol. The molecule has 4 nitrogen and oxygen atoms in total. The van der Waals surface area contributed by atoms with Gasteiger partial charge in [0.15, 0.2) is 5.82 Å². The van der Waals surface area contributed by atoms with Crippen LogP contribution in [0, 0.1) is 0 Å². The first kappa shape index (κ1) is 12.3. The van der Waals surface area contributed by atoms with E-state index < -0.39 is 0 Å². The van der Waals surface area contributed by atoms with E-state index >= 15 is 0 Å². The molecule has 2 heterocycles. The molecule has 0 bridgehead atoms. The van der Waals surface area contributed by atoms with Crippen molar-refractivity contribution in [2.45, 2.75) is 6.54 Å². The number of halogens is 1. The zero-order valence-corrected chi connectivity index (χ0v) is 12.1. The summed E-state index contributed by atoms with van der Waals surface area (Å²) < 4.78 is 2.85. The molecule has 2 aromatic heterocycles. The second-order valence-electron chi connectivity index (χ2n) is 4.28. The number of nitrogens with one attached hydrogen (secondary N) is 1. The molecule has 1 aromatic carbocycles. The molecule has 0 aliphatic rings. The normalized spacial score (nSPS) is 11.1. The van der Waals surface area contributed by atoms with Gasteiger partial charge < -0.3 is 5.32 Å². The number of pyridine rings is 1. The van der Waals surface area contributed by atoms with Crippen LogP contribution in [0.5, 0.6) is 0 Å². The van der Waals surface area contributed by atoms with Crippen LogP contribution >= 0.6 is 15.9 Å². The highest BCUT2D eigenvalue weighted by atomic mass is 79.9. The maximum atomic E-state index is 4.50. The van der Waals surface area contributed by atoms with Crippen LogP contribution in [0.1, 0.15) is 5.56 Å². The van der Waals surface area contributed by atoms with Crippen LogP contribution in [0.4, 0.5) is 0 Å². The lowest BCUT2D eigenvalue weighted by Crippen LogP contribution is -2.11. The first-order valence-corrected chi connectivity index (χ1v) is 6.81. The Labute approximate surface area is 119 Å². The maximum absolute atomic E-state index is 4.50. The number of rotatable bonds is 3. The molecule has 0 aliphatic heterocycles. The largest absolute Gasteiger partial charge is 0.316 e. The van der Waals surface area contributed by atoms with Crippen LogP contribution < -0.4 is 5.32 Å². The van der Waals surface area contributed by atoms with Gasteiger partial charge in [0, 0.05) is 28.2 Å². The number of aromatic nitrogens is 3. The van der Waals surface area contributed by atoms with Crippen molar-refractivity contribution < 1.29 is 0 Å². The summed E-state index contributed by atoms with van der Waals surface area (Å²) in [6.07, 6.45) is 3.66. The number of fused-ring (bicyclic) bond motifs is 1. The highest BCUT2D eigenvalue weighted by Crippen LogP contribution is 2.21. The van der Waals surface area contributed by atoms with Crippen molar-refractivity contribution in [3.63, 3.8) is 0 Å². The summed E-state index contributed by atoms with van der Waals surface area (Å²) in [4.78, 5) is 4.50. The lowest BCUT2D eigenvalue weighted by molar-refractivity contribution is 0.779. The van der Waals surface area contributed by atoms with Crippen LogP contribution in [0.25, 0.3) is 16.7 Å². The zero-order chi connectivity index (χ0) is 13.2. The van der Waals surface area contributed by atoms with E-state index in [1.54, 1.807) is 6.20 Å². The Morgan fingerprint density at radius 3 is 2.95 bits per heavy atom. The Bertz CT molecular complexity index is 720. The minimum absolute atomic E-state index is 0.746. The van der Waals surface area contributed by atoms with Gasteiger partial charge in [-0.15, -0.1) is 0 Å². The van der Waals surface area contributed by atoms with Crippen molar-refractivity contribution in [1.82, 2.24) is 20.1 Å². The predicted molar refractivity (Wildman–Crippen MR) is 79.3 cm³/mol. The average Bonchev–Trinajstić information content (AvgIpc) is 2.83. The van der Waals surface area contributed by atoms with E-state index in [0.29, 0.717) is 0 Å². The van der Waals surface area contributed by atoms with Gasteiger partial charge in [0.25, 0.3) is 0 Å². The third-order valence-electron chi connectivity index (χ3n) is 2.95. The molecule has 5 heteroatoms. The first-order valence-electron chi connectivity index (χ1n) is 6.02. The monoisotopic (exact) mass is 316 g/mol. The van der Waals surface area contributed by atoms with Gasteiger partial charge in [0.1, 0.15) is 0 Å². The summed E-state index contributed by atoms with van der Waals surface area (Å²) in [6, 6.07) is 10.2. The number of hydrogen-bond acceptors (Lipinski definition) is 3. The molecule has 96 valence electrons. The van der Waals surface area contributed by atoms with E-state index in [9.17, 15) is 0 Å². The standard InChI is InChI=1S/C14H13BrN4/c1-16-7-11-6-12(15)9-17-14(11)19-13-5-3-2-4-10(13)8-18-19/h2-6,8-9,16H,7H2,1H3. The predicted octanol–water partition coefficient (Wildman–Crippen LogP) is 2.90. The molecule has 1 N–H and O–H groups in total. The van der Waals surface area contributed by atoms with Gasteiger partial charge in [0.2, 0.25) is 0 Å². The van der Waals surface area contributed by atoms with Crippen molar-refractivity contribution in [1.29, 1.82) is 0 Å². The van der Waals surface area contributed by atoms with Crippen molar-refractivity contribution in [2.75, 3.05) is 7.05 Å². The fourth-order valence-corrected chi connectivity index (χ4v) is 2.50. The summed E-state index contributed by atoms with van der Waals surface area (Å²) in [6.45, 7) is 0.746. The molecule has 3 aromatic rings. The fourth-order valence-electron chi connectivity index (χ4n) is 2.13. The van der Waals surface area contributed by atoms with Gasteiger partial charge >= 0.3 is 0 Å². The SMILES string of the molecule is CNCc1cc(Br)cnc1-n1ncc2ccccc21. The molecule has 0 aliphatic carbocycles. The smallest absolute Gasteiger partial charge is 0.158 e. The molecular formula is C14H13BrN4. The number of hydrogen-bond donors (Lipinski definition) is 1. The first-order chi connectivity index (χ1) is 9.29. The maximum Gasteiger partial charge on any atom is 0.158 e. The van der Waals surface area contributed by atoms with E-state index in [1.807, 2.05) is 30.1 Å². The second-order valence-corrected chi connectivity index (χ2v) is 5.20. The van der Waals surface area contributed by atoms with Gasteiger partial charge in [-0.25, -0.2) is 9.67 Å². The van der Waals surface area contributed by atoms with Crippen LogP contribution in [-0.4, -0.2) is 21.8 Å². The lowest BCUT2D eigenvalue weighted by atomic mass is 10.2. The lowest BCUT2D eigenvalue weighted by Gasteiger charge is -2.09. The van der Waals surface area contributed by atoms with Crippen LogP contribution in [0.3, 0.4) is 0 Å². The quantitative estimate of drug-likeness (QED) is 0.808. The molecule has 19 heavy (non-hydrogen) atoms. The van der Waals surface area contributed by atoms with Gasteiger partial charge in [-0.2, -0.15) is 5.10 Å². The molecule has 0 spiro atoms. The van der Waals surface area contributed by atoms with E-state index in [1.165, 1.54) is 0 Å². The topological polar surface area (TPSA) is 42.7 Å². The molecule has 3 rings (SSSR count). The highest BCUT2D eigenvalue weighted by molar-refractivity contribution is 9.10. The molecular weight excluding hydrogens is 304 g/mol. The fraction of sp³-hybridized carbons (Fsp3) is 0.143. The molecule has 0 fully saturated rings. The molecule has 0 amide bonds. The minimum Gasteiger partial charge on any atom is -0.316 e. The Morgan fingerprint density at radius 2 is 2.11 bits per heavy atom. The summed E-state index contributed by atoms with van der Waals surface area (Å²) in [5, 5.41) is 8.72. The zero-order valence-electron chi connectivity index (χ0n) is 10.5. The van der Waals surface area contributed by atoms with Crippen molar-refractivity contribution in [3.05, 3.63) is 52.8 Å². The molecule has 0 radical (unpaired) electrons. The van der Waals surface area contributed by atoms with E-state index in [2.05, 4.69) is 49.5 Å². The van der Waals surface area contributed by atoms with Crippen LogP contribution in [0.15, 0.2) is 47.2 Å². The third-order valence-corrected chi connectivity index (χ3v) is 3.39. The van der Waals surface area contributed by atoms with E-state index in [0.717, 1.165) is 33.3 Å². The Hall–Kier alpha value is -1.72. The summed E-state index contributed by atoms with van der Waals surface area (Å²) >= 11 is 3.46. The van der Waals surface area contributed by atoms with Gasteiger partial charge in [-0.1, -0.05) is 18.2 Å². The summed E-state index contributed by atoms with van der Waals surface area (Å²) in [5.41, 5.74) is 2.17.